The van der Waals surface area contributed by atoms with Crippen LogP contribution in [-0.2, 0) is 0 Å². The molecule has 3 heteroatoms. The van der Waals surface area contributed by atoms with Crippen molar-refractivity contribution >= 4 is 24.9 Å². The van der Waals surface area contributed by atoms with Crippen molar-refractivity contribution in [3.8, 4) is 0 Å². The molecule has 2 nitrogen and oxygen atoms in total. The van der Waals surface area contributed by atoms with Gasteiger partial charge in [0.2, 0.25) is 0 Å². The number of aromatic nitrogens is 1. The topological polar surface area (TPSA) is 28.1 Å². The minimum Gasteiger partial charge on any atom is -0.357 e. The highest BCUT2D eigenvalue weighted by Gasteiger charge is 1.99. The van der Waals surface area contributed by atoms with E-state index in [-0.39, 0.29) is 0 Å². The number of nitrogens with zero attached hydrogens (tertiary/aromatic N) is 1. The highest BCUT2D eigenvalue weighted by atomic mass is 31.0. The molecule has 0 bridgehead atoms. The molecule has 3 heterocycles. The first-order valence-electron chi connectivity index (χ1n) is 3.92. The highest BCUT2D eigenvalue weighted by molar-refractivity contribution is 7.35. The fourth-order valence-electron chi connectivity index (χ4n) is 1.49. The van der Waals surface area contributed by atoms with Gasteiger partial charge in [-0.2, -0.15) is 0 Å². The van der Waals surface area contributed by atoms with Gasteiger partial charge in [0.15, 0.2) is 0 Å². The van der Waals surface area contributed by atoms with Crippen molar-refractivity contribution in [1.29, 1.82) is 0 Å². The number of H-pyrrole nitrogens is 1. The Morgan fingerprint density at radius 1 is 1.50 bits per heavy atom. The van der Waals surface area contributed by atoms with Crippen LogP contribution in [0, 0.1) is 0 Å². The van der Waals surface area contributed by atoms with Gasteiger partial charge in [0, 0.05) is 16.5 Å². The van der Waals surface area contributed by atoms with E-state index in [2.05, 4.69) is 28.2 Å². The molecule has 3 rings (SSSR count). The fraction of sp³-hybridized carbons (Fsp3) is 0.111. The van der Waals surface area contributed by atoms with E-state index >= 15 is 0 Å². The molecule has 12 heavy (non-hydrogen) atoms. The maximum absolute atomic E-state index is 4.38. The Morgan fingerprint density at radius 3 is 3.50 bits per heavy atom. The summed E-state index contributed by atoms with van der Waals surface area (Å²) < 4.78 is 0. The van der Waals surface area contributed by atoms with E-state index in [4.69, 9.17) is 0 Å². The third-order valence-corrected chi connectivity index (χ3v) is 3.35. The van der Waals surface area contributed by atoms with Crippen molar-refractivity contribution in [2.75, 3.05) is 6.54 Å². The molecule has 1 aliphatic heterocycles. The van der Waals surface area contributed by atoms with Crippen LogP contribution in [0.15, 0.2) is 23.3 Å². The lowest BCUT2D eigenvalue weighted by atomic mass is 10.4. The van der Waals surface area contributed by atoms with Crippen LogP contribution in [0.5, 0.6) is 0 Å². The molecule has 0 aromatic carbocycles. The molecule has 58 valence electrons. The van der Waals surface area contributed by atoms with Crippen molar-refractivity contribution in [3.05, 3.63) is 28.6 Å². The zero-order valence-corrected chi connectivity index (χ0v) is 7.31. The van der Waals surface area contributed by atoms with Crippen LogP contribution in [0.3, 0.4) is 0 Å². The summed E-state index contributed by atoms with van der Waals surface area (Å²) in [5.41, 5.74) is 0. The lowest BCUT2D eigenvalue weighted by Crippen LogP contribution is -2.16. The number of hydrogen-bond donors (Lipinski definition) is 1. The number of fused-ring (bicyclic) bond motifs is 2. The quantitative estimate of drug-likeness (QED) is 0.620. The molecule has 0 fully saturated rings. The summed E-state index contributed by atoms with van der Waals surface area (Å²) >= 11 is 0. The fourth-order valence-corrected chi connectivity index (χ4v) is 2.56. The Labute approximate surface area is 70.7 Å². The molecule has 1 N–H and O–H groups in total. The average molecular weight is 174 g/mol. The van der Waals surface area contributed by atoms with Crippen molar-refractivity contribution < 1.29 is 0 Å². The van der Waals surface area contributed by atoms with E-state index in [1.54, 1.807) is 0 Å². The second-order valence-electron chi connectivity index (χ2n) is 2.85. The lowest BCUT2D eigenvalue weighted by Gasteiger charge is -1.86. The van der Waals surface area contributed by atoms with Gasteiger partial charge in [0.25, 0.3) is 0 Å². The molecule has 1 aliphatic rings. The number of nitrogens with one attached hydrogen (secondary N) is 1. The normalized spacial score (nSPS) is 14.7. The van der Waals surface area contributed by atoms with E-state index in [0.717, 1.165) is 6.54 Å². The molecular formula is C9H7N2P. The molecule has 0 spiro atoms. The van der Waals surface area contributed by atoms with E-state index < -0.39 is 0 Å². The minimum atomic E-state index is 0.860. The summed E-state index contributed by atoms with van der Waals surface area (Å²) in [5, 5.41) is 3.75. The van der Waals surface area contributed by atoms with Crippen molar-refractivity contribution in [2.45, 2.75) is 0 Å². The Balaban J connectivity index is 2.64. The second-order valence-corrected chi connectivity index (χ2v) is 4.01. The monoisotopic (exact) mass is 174 g/mol. The Hall–Kier alpha value is -1.14. The van der Waals surface area contributed by atoms with Gasteiger partial charge in [-0.05, 0) is 26.4 Å². The first-order chi connectivity index (χ1) is 5.93. The average Bonchev–Trinajstić information content (AvgIpc) is 2.64. The van der Waals surface area contributed by atoms with Gasteiger partial charge < -0.3 is 4.98 Å². The molecule has 2 aromatic rings. The lowest BCUT2D eigenvalue weighted by molar-refractivity contribution is 1.24. The summed E-state index contributed by atoms with van der Waals surface area (Å²) in [6, 6.07) is 4.25. The Bertz CT molecular complexity index is 505. The first-order valence-corrected chi connectivity index (χ1v) is 4.82. The zero-order chi connectivity index (χ0) is 7.97. The van der Waals surface area contributed by atoms with E-state index in [0.29, 0.717) is 0 Å². The molecule has 0 unspecified atom stereocenters. The van der Waals surface area contributed by atoms with Crippen LogP contribution < -0.4 is 10.3 Å². The predicted octanol–water partition coefficient (Wildman–Crippen LogP) is 1.16. The zero-order valence-electron chi connectivity index (χ0n) is 6.41. The largest absolute Gasteiger partial charge is 0.357 e. The van der Waals surface area contributed by atoms with Gasteiger partial charge in [-0.3, -0.25) is 4.99 Å². The van der Waals surface area contributed by atoms with Gasteiger partial charge in [-0.15, -0.1) is 0 Å². The first kappa shape index (κ1) is 6.38. The van der Waals surface area contributed by atoms with Crippen LogP contribution in [0.4, 0.5) is 0 Å². The van der Waals surface area contributed by atoms with Gasteiger partial charge in [-0.25, -0.2) is 0 Å². The van der Waals surface area contributed by atoms with Crippen LogP contribution in [0.2, 0.25) is 0 Å². The van der Waals surface area contributed by atoms with Crippen LogP contribution >= 0.6 is 8.19 Å². The number of hydrogen-bond acceptors (Lipinski definition) is 1. The molecular weight excluding hydrogens is 167 g/mol. The predicted molar refractivity (Wildman–Crippen MR) is 50.9 cm³/mol. The van der Waals surface area contributed by atoms with Gasteiger partial charge in [0.1, 0.15) is 0 Å². The van der Waals surface area contributed by atoms with Crippen molar-refractivity contribution in [3.63, 3.8) is 0 Å². The Morgan fingerprint density at radius 2 is 2.50 bits per heavy atom. The third kappa shape index (κ3) is 0.759. The smallest absolute Gasteiger partial charge is 0.0737 e. The van der Waals surface area contributed by atoms with Crippen LogP contribution in [0.25, 0.3) is 16.7 Å². The summed E-state index contributed by atoms with van der Waals surface area (Å²) in [5.74, 6) is 0. The molecule has 0 radical (unpaired) electrons. The third-order valence-electron chi connectivity index (χ3n) is 2.09. The van der Waals surface area contributed by atoms with Gasteiger partial charge in [-0.1, -0.05) is 0 Å². The highest BCUT2D eigenvalue weighted by Crippen LogP contribution is 2.14. The Kier molecular flexibility index (Phi) is 1.16. The van der Waals surface area contributed by atoms with Gasteiger partial charge in [0.05, 0.1) is 17.2 Å². The molecule has 0 atom stereocenters. The SMILES string of the molecule is C1=c2pc3[nH]ccc3cc2=NC1. The summed E-state index contributed by atoms with van der Waals surface area (Å²) in [4.78, 5) is 8.97. The standard InChI is InChI=1S/C9H7N2P/c1-3-11-9-6(1)5-7-8(12-9)2-4-10-7/h1-3,5,11H,4H2. The van der Waals surface area contributed by atoms with Crippen molar-refractivity contribution in [1.82, 2.24) is 4.98 Å². The minimum absolute atomic E-state index is 0.860. The molecule has 0 aliphatic carbocycles. The second kappa shape index (κ2) is 2.18. The molecule has 0 saturated heterocycles. The summed E-state index contributed by atoms with van der Waals surface area (Å²) in [7, 11) is 1.28. The van der Waals surface area contributed by atoms with Crippen LogP contribution in [0.1, 0.15) is 0 Å². The van der Waals surface area contributed by atoms with Gasteiger partial charge >= 0.3 is 0 Å². The van der Waals surface area contributed by atoms with E-state index in [1.165, 1.54) is 29.1 Å². The number of rotatable bonds is 0. The molecule has 0 amide bonds. The molecule has 0 saturated carbocycles. The maximum atomic E-state index is 4.38. The van der Waals surface area contributed by atoms with E-state index in [1.807, 2.05) is 6.20 Å². The number of aromatic amines is 1. The summed E-state index contributed by atoms with van der Waals surface area (Å²) in [6.45, 7) is 0.860. The summed E-state index contributed by atoms with van der Waals surface area (Å²) in [6.07, 6.45) is 4.17. The van der Waals surface area contributed by atoms with Crippen molar-refractivity contribution in [2.24, 2.45) is 4.99 Å². The maximum Gasteiger partial charge on any atom is 0.0737 e. The van der Waals surface area contributed by atoms with Crippen LogP contribution in [-0.4, -0.2) is 11.5 Å². The molecule has 2 aromatic heterocycles. The van der Waals surface area contributed by atoms with E-state index in [9.17, 15) is 0 Å².